The standard InChI is InChI=1S/C13H17BrFN/c1-8-6-10(15)12(14)11(9(8)2)13(7-16)4-3-5-13/h6H,3-5,7,16H2,1-2H3. The first-order chi connectivity index (χ1) is 7.52. The highest BCUT2D eigenvalue weighted by Crippen LogP contribution is 2.47. The van der Waals surface area contributed by atoms with Crippen molar-refractivity contribution >= 4 is 15.9 Å². The molecule has 1 fully saturated rings. The van der Waals surface area contributed by atoms with Gasteiger partial charge in [-0.05, 0) is 65.4 Å². The van der Waals surface area contributed by atoms with E-state index in [-0.39, 0.29) is 11.2 Å². The molecule has 0 atom stereocenters. The van der Waals surface area contributed by atoms with Crippen LogP contribution in [-0.4, -0.2) is 6.54 Å². The Morgan fingerprint density at radius 3 is 2.50 bits per heavy atom. The number of hydrogen-bond donors (Lipinski definition) is 1. The SMILES string of the molecule is Cc1cc(F)c(Br)c(C2(CN)CCC2)c1C. The van der Waals surface area contributed by atoms with E-state index in [1.54, 1.807) is 6.07 Å². The minimum atomic E-state index is -0.169. The Hall–Kier alpha value is -0.410. The number of hydrogen-bond acceptors (Lipinski definition) is 1. The zero-order valence-corrected chi connectivity index (χ0v) is 11.3. The Balaban J connectivity index is 2.63. The van der Waals surface area contributed by atoms with Crippen molar-refractivity contribution in [1.82, 2.24) is 0 Å². The fourth-order valence-corrected chi connectivity index (χ4v) is 3.47. The van der Waals surface area contributed by atoms with Crippen molar-refractivity contribution in [3.8, 4) is 0 Å². The van der Waals surface area contributed by atoms with Crippen LogP contribution < -0.4 is 5.73 Å². The van der Waals surface area contributed by atoms with Crippen LogP contribution in [0.3, 0.4) is 0 Å². The summed E-state index contributed by atoms with van der Waals surface area (Å²) in [4.78, 5) is 0. The third-order valence-electron chi connectivity index (χ3n) is 3.97. The van der Waals surface area contributed by atoms with Crippen molar-refractivity contribution in [1.29, 1.82) is 0 Å². The Morgan fingerprint density at radius 1 is 1.44 bits per heavy atom. The number of halogens is 2. The Morgan fingerprint density at radius 2 is 2.06 bits per heavy atom. The number of aryl methyl sites for hydroxylation is 1. The van der Waals surface area contributed by atoms with Gasteiger partial charge in [-0.1, -0.05) is 6.42 Å². The molecule has 1 saturated carbocycles. The van der Waals surface area contributed by atoms with Gasteiger partial charge in [0, 0.05) is 12.0 Å². The highest BCUT2D eigenvalue weighted by atomic mass is 79.9. The molecule has 1 aliphatic carbocycles. The number of benzene rings is 1. The van der Waals surface area contributed by atoms with E-state index in [1.165, 1.54) is 12.0 Å². The summed E-state index contributed by atoms with van der Waals surface area (Å²) in [6, 6.07) is 1.59. The first kappa shape index (κ1) is 12.1. The molecule has 1 aromatic rings. The fraction of sp³-hybridized carbons (Fsp3) is 0.538. The molecule has 0 amide bonds. The van der Waals surface area contributed by atoms with Crippen LogP contribution >= 0.6 is 15.9 Å². The van der Waals surface area contributed by atoms with E-state index < -0.39 is 0 Å². The Kier molecular flexibility index (Phi) is 3.10. The lowest BCUT2D eigenvalue weighted by Crippen LogP contribution is -2.42. The predicted molar refractivity (Wildman–Crippen MR) is 68.2 cm³/mol. The molecule has 0 aromatic heterocycles. The number of nitrogens with two attached hydrogens (primary N) is 1. The smallest absolute Gasteiger partial charge is 0.137 e. The fourth-order valence-electron chi connectivity index (χ4n) is 2.63. The number of rotatable bonds is 2. The van der Waals surface area contributed by atoms with Crippen LogP contribution in [-0.2, 0) is 5.41 Å². The van der Waals surface area contributed by atoms with Crippen LogP contribution in [0, 0.1) is 19.7 Å². The van der Waals surface area contributed by atoms with Crippen molar-refractivity contribution in [3.05, 3.63) is 33.0 Å². The molecule has 0 radical (unpaired) electrons. The van der Waals surface area contributed by atoms with E-state index in [0.717, 1.165) is 24.0 Å². The maximum absolute atomic E-state index is 13.8. The molecule has 0 saturated heterocycles. The third kappa shape index (κ3) is 1.61. The first-order valence-electron chi connectivity index (χ1n) is 5.67. The molecule has 1 aliphatic rings. The molecule has 88 valence electrons. The molecule has 0 heterocycles. The van der Waals surface area contributed by atoms with Gasteiger partial charge >= 0.3 is 0 Å². The lowest BCUT2D eigenvalue weighted by atomic mass is 9.63. The molecule has 2 rings (SSSR count). The Bertz CT molecular complexity index is 393. The predicted octanol–water partition coefficient (Wildman–Crippen LogP) is 3.59. The van der Waals surface area contributed by atoms with Crippen molar-refractivity contribution < 1.29 is 4.39 Å². The van der Waals surface area contributed by atoms with Crippen molar-refractivity contribution in [2.24, 2.45) is 5.73 Å². The molecule has 0 unspecified atom stereocenters. The van der Waals surface area contributed by atoms with Crippen LogP contribution in [0.5, 0.6) is 0 Å². The average molecular weight is 286 g/mol. The molecule has 3 heteroatoms. The van der Waals surface area contributed by atoms with Gasteiger partial charge in [-0.25, -0.2) is 4.39 Å². The summed E-state index contributed by atoms with van der Waals surface area (Å²) in [5.74, 6) is -0.169. The maximum atomic E-state index is 13.8. The highest BCUT2D eigenvalue weighted by molar-refractivity contribution is 9.10. The van der Waals surface area contributed by atoms with Gasteiger partial charge in [0.1, 0.15) is 5.82 Å². The van der Waals surface area contributed by atoms with Crippen molar-refractivity contribution in [2.45, 2.75) is 38.5 Å². The summed E-state index contributed by atoms with van der Waals surface area (Å²) in [5, 5.41) is 0. The van der Waals surface area contributed by atoms with Gasteiger partial charge in [-0.3, -0.25) is 0 Å². The van der Waals surface area contributed by atoms with Crippen molar-refractivity contribution in [3.63, 3.8) is 0 Å². The average Bonchev–Trinajstić information content (AvgIpc) is 2.19. The summed E-state index contributed by atoms with van der Waals surface area (Å²) in [6.45, 7) is 4.62. The van der Waals surface area contributed by atoms with Crippen molar-refractivity contribution in [2.75, 3.05) is 6.54 Å². The molecule has 0 bridgehead atoms. The zero-order valence-electron chi connectivity index (χ0n) is 9.74. The summed E-state index contributed by atoms with van der Waals surface area (Å²) < 4.78 is 14.4. The lowest BCUT2D eigenvalue weighted by Gasteiger charge is -2.43. The van der Waals surface area contributed by atoms with E-state index in [0.29, 0.717) is 11.0 Å². The first-order valence-corrected chi connectivity index (χ1v) is 6.47. The largest absolute Gasteiger partial charge is 0.330 e. The lowest BCUT2D eigenvalue weighted by molar-refractivity contribution is 0.249. The minimum Gasteiger partial charge on any atom is -0.330 e. The van der Waals surface area contributed by atoms with Gasteiger partial charge in [0.15, 0.2) is 0 Å². The maximum Gasteiger partial charge on any atom is 0.137 e. The van der Waals surface area contributed by atoms with Gasteiger partial charge in [-0.15, -0.1) is 0 Å². The summed E-state index contributed by atoms with van der Waals surface area (Å²) in [7, 11) is 0. The van der Waals surface area contributed by atoms with Crippen LogP contribution in [0.4, 0.5) is 4.39 Å². The van der Waals surface area contributed by atoms with Gasteiger partial charge in [0.05, 0.1) is 4.47 Å². The second-order valence-electron chi connectivity index (χ2n) is 4.83. The van der Waals surface area contributed by atoms with Crippen LogP contribution in [0.2, 0.25) is 0 Å². The quantitative estimate of drug-likeness (QED) is 0.883. The summed E-state index contributed by atoms with van der Waals surface area (Å²) >= 11 is 3.39. The second kappa shape index (κ2) is 4.11. The van der Waals surface area contributed by atoms with Gasteiger partial charge in [0.2, 0.25) is 0 Å². The molecule has 1 nitrogen and oxygen atoms in total. The van der Waals surface area contributed by atoms with E-state index in [4.69, 9.17) is 5.73 Å². The monoisotopic (exact) mass is 285 g/mol. The van der Waals surface area contributed by atoms with Crippen LogP contribution in [0.15, 0.2) is 10.5 Å². The van der Waals surface area contributed by atoms with E-state index in [1.807, 2.05) is 6.92 Å². The van der Waals surface area contributed by atoms with E-state index in [2.05, 4.69) is 22.9 Å². The molecule has 0 spiro atoms. The third-order valence-corrected chi connectivity index (χ3v) is 4.75. The van der Waals surface area contributed by atoms with Gasteiger partial charge in [-0.2, -0.15) is 0 Å². The highest BCUT2D eigenvalue weighted by Gasteiger charge is 2.40. The minimum absolute atomic E-state index is 0.00970. The zero-order chi connectivity index (χ0) is 11.9. The molecular weight excluding hydrogens is 269 g/mol. The van der Waals surface area contributed by atoms with Gasteiger partial charge in [0.25, 0.3) is 0 Å². The topological polar surface area (TPSA) is 26.0 Å². The molecular formula is C13H17BrFN. The van der Waals surface area contributed by atoms with Crippen LogP contribution in [0.1, 0.15) is 36.0 Å². The van der Waals surface area contributed by atoms with E-state index >= 15 is 0 Å². The molecule has 0 aliphatic heterocycles. The van der Waals surface area contributed by atoms with Crippen LogP contribution in [0.25, 0.3) is 0 Å². The summed E-state index contributed by atoms with van der Waals surface area (Å²) in [6.07, 6.45) is 3.34. The second-order valence-corrected chi connectivity index (χ2v) is 5.62. The van der Waals surface area contributed by atoms with Gasteiger partial charge < -0.3 is 5.73 Å². The molecule has 16 heavy (non-hydrogen) atoms. The molecule has 2 N–H and O–H groups in total. The molecule has 1 aromatic carbocycles. The normalized spacial score (nSPS) is 18.3. The van der Waals surface area contributed by atoms with E-state index in [9.17, 15) is 4.39 Å². The Labute approximate surface area is 104 Å². The summed E-state index contributed by atoms with van der Waals surface area (Å²) in [5.41, 5.74) is 9.19.